The van der Waals surface area contributed by atoms with E-state index in [1.165, 1.54) is 4.88 Å². The molecular formula is C11H12INOS. The lowest BCUT2D eigenvalue weighted by Crippen LogP contribution is -2.15. The second kappa shape index (κ2) is 5.67. The largest absolute Gasteiger partial charge is 0.454 e. The van der Waals surface area contributed by atoms with Gasteiger partial charge >= 0.3 is 0 Å². The molecule has 80 valence electrons. The van der Waals surface area contributed by atoms with Crippen LogP contribution in [0, 0.1) is 3.77 Å². The van der Waals surface area contributed by atoms with Crippen LogP contribution in [0.4, 0.5) is 0 Å². The topological polar surface area (TPSA) is 25.2 Å². The first-order chi connectivity index (χ1) is 7.34. The minimum Gasteiger partial charge on any atom is -0.454 e. The van der Waals surface area contributed by atoms with Crippen LogP contribution in [0.5, 0.6) is 0 Å². The molecule has 0 saturated carbocycles. The fourth-order valence-corrected chi connectivity index (χ4v) is 2.50. The highest BCUT2D eigenvalue weighted by Gasteiger charge is 1.98. The zero-order chi connectivity index (χ0) is 10.5. The Hall–Kier alpha value is -0.330. The lowest BCUT2D eigenvalue weighted by Gasteiger charge is -2.00. The zero-order valence-corrected chi connectivity index (χ0v) is 11.2. The van der Waals surface area contributed by atoms with E-state index in [1.807, 2.05) is 23.5 Å². The molecule has 1 N–H and O–H groups in total. The Morgan fingerprint density at radius 3 is 2.93 bits per heavy atom. The van der Waals surface area contributed by atoms with Crippen LogP contribution in [-0.4, -0.2) is 6.54 Å². The van der Waals surface area contributed by atoms with Gasteiger partial charge in [-0.3, -0.25) is 0 Å². The summed E-state index contributed by atoms with van der Waals surface area (Å²) in [5, 5.41) is 5.48. The summed E-state index contributed by atoms with van der Waals surface area (Å²) in [7, 11) is 0. The second-order valence-electron chi connectivity index (χ2n) is 3.21. The van der Waals surface area contributed by atoms with Crippen LogP contribution in [0.1, 0.15) is 10.6 Å². The van der Waals surface area contributed by atoms with Crippen LogP contribution in [0.3, 0.4) is 0 Å². The van der Waals surface area contributed by atoms with Crippen molar-refractivity contribution >= 4 is 33.9 Å². The van der Waals surface area contributed by atoms with Crippen LogP contribution in [0.2, 0.25) is 0 Å². The summed E-state index contributed by atoms with van der Waals surface area (Å²) >= 11 is 3.99. The number of halogens is 1. The van der Waals surface area contributed by atoms with E-state index < -0.39 is 0 Å². The first-order valence-electron chi connectivity index (χ1n) is 4.82. The van der Waals surface area contributed by atoms with Crippen molar-refractivity contribution in [3.63, 3.8) is 0 Å². The van der Waals surface area contributed by atoms with Gasteiger partial charge in [-0.15, -0.1) is 11.3 Å². The van der Waals surface area contributed by atoms with Gasteiger partial charge in [-0.2, -0.15) is 0 Å². The Balaban J connectivity index is 1.67. The first-order valence-corrected chi connectivity index (χ1v) is 6.78. The molecule has 0 aliphatic rings. The third-order valence-corrected chi connectivity index (χ3v) is 3.57. The highest BCUT2D eigenvalue weighted by molar-refractivity contribution is 14.1. The molecule has 0 unspecified atom stereocenters. The summed E-state index contributed by atoms with van der Waals surface area (Å²) in [5.41, 5.74) is 0. The normalized spacial score (nSPS) is 10.7. The molecule has 0 spiro atoms. The molecule has 0 fully saturated rings. The number of hydrogen-bond donors (Lipinski definition) is 1. The minimum atomic E-state index is 0.814. The van der Waals surface area contributed by atoms with Gasteiger partial charge in [0.2, 0.25) is 0 Å². The van der Waals surface area contributed by atoms with E-state index in [1.54, 1.807) is 0 Å². The molecule has 4 heteroatoms. The van der Waals surface area contributed by atoms with Crippen LogP contribution < -0.4 is 5.32 Å². The summed E-state index contributed by atoms with van der Waals surface area (Å²) in [6.07, 6.45) is 1.09. The predicted molar refractivity (Wildman–Crippen MR) is 71.2 cm³/mol. The van der Waals surface area contributed by atoms with Crippen LogP contribution >= 0.6 is 33.9 Å². The molecule has 0 atom stereocenters. The summed E-state index contributed by atoms with van der Waals surface area (Å²) in [5.74, 6) is 1.01. The average Bonchev–Trinajstić information content (AvgIpc) is 2.84. The van der Waals surface area contributed by atoms with Crippen molar-refractivity contribution in [1.82, 2.24) is 5.32 Å². The van der Waals surface area contributed by atoms with Crippen LogP contribution in [0.25, 0.3) is 0 Å². The average molecular weight is 333 g/mol. The van der Waals surface area contributed by atoms with Crippen molar-refractivity contribution in [1.29, 1.82) is 0 Å². The lowest BCUT2D eigenvalue weighted by atomic mass is 10.3. The third-order valence-electron chi connectivity index (χ3n) is 2.06. The number of hydrogen-bond acceptors (Lipinski definition) is 3. The molecule has 0 aliphatic heterocycles. The monoisotopic (exact) mass is 333 g/mol. The molecule has 0 saturated heterocycles. The number of nitrogens with one attached hydrogen (secondary N) is 1. The fourth-order valence-electron chi connectivity index (χ4n) is 1.32. The molecular weight excluding hydrogens is 321 g/mol. The SMILES string of the molecule is Ic1ccc(CNCCc2cccs2)o1. The van der Waals surface area contributed by atoms with Crippen molar-refractivity contribution in [2.24, 2.45) is 0 Å². The van der Waals surface area contributed by atoms with E-state index in [2.05, 4.69) is 45.4 Å². The standard InChI is InChI=1S/C11H12INOS/c12-11-4-3-9(14-11)8-13-6-5-10-2-1-7-15-10/h1-4,7,13H,5-6,8H2. The van der Waals surface area contributed by atoms with E-state index in [4.69, 9.17) is 4.42 Å². The quantitative estimate of drug-likeness (QED) is 0.671. The maximum Gasteiger partial charge on any atom is 0.164 e. The van der Waals surface area contributed by atoms with E-state index in [0.717, 1.165) is 29.0 Å². The van der Waals surface area contributed by atoms with E-state index in [9.17, 15) is 0 Å². The summed E-state index contributed by atoms with van der Waals surface area (Å²) in [6.45, 7) is 1.81. The first kappa shape index (κ1) is 11.2. The molecule has 0 aliphatic carbocycles. The van der Waals surface area contributed by atoms with E-state index in [-0.39, 0.29) is 0 Å². The Kier molecular flexibility index (Phi) is 4.22. The van der Waals surface area contributed by atoms with Gasteiger partial charge in [0, 0.05) is 11.4 Å². The smallest absolute Gasteiger partial charge is 0.164 e. The maximum absolute atomic E-state index is 5.45. The Morgan fingerprint density at radius 1 is 1.33 bits per heavy atom. The Morgan fingerprint density at radius 2 is 2.27 bits per heavy atom. The Bertz CT molecular complexity index is 396. The molecule has 0 amide bonds. The third kappa shape index (κ3) is 3.62. The highest BCUT2D eigenvalue weighted by atomic mass is 127. The molecule has 2 heterocycles. The summed E-state index contributed by atoms with van der Waals surface area (Å²) in [6, 6.07) is 8.26. The van der Waals surface area contributed by atoms with E-state index >= 15 is 0 Å². The minimum absolute atomic E-state index is 0.814. The summed E-state index contributed by atoms with van der Waals surface area (Å²) in [4.78, 5) is 1.43. The predicted octanol–water partition coefficient (Wildman–Crippen LogP) is 3.28. The van der Waals surface area contributed by atoms with Gasteiger partial charge in [-0.05, 0) is 52.6 Å². The summed E-state index contributed by atoms with van der Waals surface area (Å²) < 4.78 is 6.39. The van der Waals surface area contributed by atoms with Crippen molar-refractivity contribution in [3.8, 4) is 0 Å². The molecule has 0 bridgehead atoms. The number of rotatable bonds is 5. The van der Waals surface area contributed by atoms with Crippen LogP contribution in [-0.2, 0) is 13.0 Å². The van der Waals surface area contributed by atoms with Gasteiger partial charge in [0.05, 0.1) is 6.54 Å². The molecule has 0 radical (unpaired) electrons. The van der Waals surface area contributed by atoms with Gasteiger partial charge < -0.3 is 9.73 Å². The second-order valence-corrected chi connectivity index (χ2v) is 5.31. The maximum atomic E-state index is 5.45. The molecule has 2 aromatic heterocycles. The van der Waals surface area contributed by atoms with Crippen molar-refractivity contribution in [2.45, 2.75) is 13.0 Å². The lowest BCUT2D eigenvalue weighted by molar-refractivity contribution is 0.464. The van der Waals surface area contributed by atoms with Gasteiger partial charge in [-0.1, -0.05) is 6.07 Å². The fraction of sp³-hybridized carbons (Fsp3) is 0.273. The highest BCUT2D eigenvalue weighted by Crippen LogP contribution is 2.10. The van der Waals surface area contributed by atoms with Crippen molar-refractivity contribution in [3.05, 3.63) is 44.0 Å². The van der Waals surface area contributed by atoms with E-state index in [0.29, 0.717) is 0 Å². The zero-order valence-electron chi connectivity index (χ0n) is 8.20. The molecule has 2 aromatic rings. The molecule has 15 heavy (non-hydrogen) atoms. The number of furan rings is 1. The van der Waals surface area contributed by atoms with Crippen molar-refractivity contribution in [2.75, 3.05) is 6.54 Å². The molecule has 2 rings (SSSR count). The van der Waals surface area contributed by atoms with Gasteiger partial charge in [0.15, 0.2) is 3.77 Å². The Labute approximate surface area is 107 Å². The molecule has 0 aromatic carbocycles. The molecule has 2 nitrogen and oxygen atoms in total. The van der Waals surface area contributed by atoms with Gasteiger partial charge in [0.25, 0.3) is 0 Å². The van der Waals surface area contributed by atoms with Gasteiger partial charge in [-0.25, -0.2) is 0 Å². The van der Waals surface area contributed by atoms with Gasteiger partial charge in [0.1, 0.15) is 5.76 Å². The van der Waals surface area contributed by atoms with Crippen molar-refractivity contribution < 1.29 is 4.42 Å². The number of thiophene rings is 1. The van der Waals surface area contributed by atoms with Crippen LogP contribution in [0.15, 0.2) is 34.1 Å².